The monoisotopic (exact) mass is 242 g/mol. The molecule has 2 aliphatic heterocycles. The molecule has 0 unspecified atom stereocenters. The van der Waals surface area contributed by atoms with Gasteiger partial charge in [-0.3, -0.25) is 4.90 Å². The second-order valence-corrected chi connectivity index (χ2v) is 3.71. The van der Waals surface area contributed by atoms with Gasteiger partial charge in [-0.2, -0.15) is 0 Å². The van der Waals surface area contributed by atoms with Crippen molar-refractivity contribution in [1.82, 2.24) is 10.2 Å². The van der Waals surface area contributed by atoms with Gasteiger partial charge in [0.25, 0.3) is 0 Å². The van der Waals surface area contributed by atoms with E-state index < -0.39 is 0 Å². The van der Waals surface area contributed by atoms with Gasteiger partial charge in [0.15, 0.2) is 0 Å². The largest absolute Gasteiger partial charge is 0.379 e. The highest BCUT2D eigenvalue weighted by molar-refractivity contribution is 5.85. The molecule has 0 aliphatic carbocycles. The quantitative estimate of drug-likeness (QED) is 0.780. The van der Waals surface area contributed by atoms with Gasteiger partial charge >= 0.3 is 0 Å². The topological polar surface area (TPSA) is 24.5 Å². The zero-order valence-corrected chi connectivity index (χ0v) is 10.0. The molecule has 2 rings (SSSR count). The molecule has 0 saturated carbocycles. The van der Waals surface area contributed by atoms with E-state index in [4.69, 9.17) is 4.74 Å². The van der Waals surface area contributed by atoms with Crippen LogP contribution in [0.4, 0.5) is 0 Å². The molecule has 0 spiro atoms. The summed E-state index contributed by atoms with van der Waals surface area (Å²) < 4.78 is 5.30. The fraction of sp³-hybridized carbons (Fsp3) is 1.00. The summed E-state index contributed by atoms with van der Waals surface area (Å²) in [6.07, 6.45) is 2.71. The van der Waals surface area contributed by atoms with Crippen LogP contribution in [0.3, 0.4) is 0 Å². The van der Waals surface area contributed by atoms with Crippen LogP contribution in [0.15, 0.2) is 0 Å². The van der Waals surface area contributed by atoms with E-state index in [1.54, 1.807) is 0 Å². The fourth-order valence-electron chi connectivity index (χ4n) is 2.01. The Kier molecular flexibility index (Phi) is 7.97. The molecule has 0 aromatic rings. The maximum Gasteiger partial charge on any atom is 0.0594 e. The van der Waals surface area contributed by atoms with E-state index in [0.717, 1.165) is 32.3 Å². The minimum absolute atomic E-state index is 0. The van der Waals surface area contributed by atoms with Gasteiger partial charge in [-0.25, -0.2) is 0 Å². The van der Waals surface area contributed by atoms with Crippen LogP contribution < -0.4 is 5.32 Å². The molecule has 0 bridgehead atoms. The van der Waals surface area contributed by atoms with Crippen molar-refractivity contribution in [3.63, 3.8) is 0 Å². The van der Waals surface area contributed by atoms with E-state index in [0.29, 0.717) is 0 Å². The van der Waals surface area contributed by atoms with Crippen LogP contribution >= 0.6 is 24.8 Å². The summed E-state index contributed by atoms with van der Waals surface area (Å²) in [5, 5.41) is 3.52. The molecule has 0 aromatic heterocycles. The maximum absolute atomic E-state index is 5.30. The Hall–Kier alpha value is 0.460. The lowest BCUT2D eigenvalue weighted by Crippen LogP contribution is -2.43. The van der Waals surface area contributed by atoms with Gasteiger partial charge in [-0.05, 0) is 19.4 Å². The molecule has 3 nitrogen and oxygen atoms in total. The van der Waals surface area contributed by atoms with Crippen molar-refractivity contribution in [1.29, 1.82) is 0 Å². The molecule has 2 fully saturated rings. The number of ether oxygens (including phenoxy) is 1. The van der Waals surface area contributed by atoms with Crippen molar-refractivity contribution in [2.75, 3.05) is 39.4 Å². The lowest BCUT2D eigenvalue weighted by Gasteiger charge is -2.28. The molecule has 2 heterocycles. The van der Waals surface area contributed by atoms with Gasteiger partial charge in [-0.15, -0.1) is 24.8 Å². The van der Waals surface area contributed by atoms with E-state index >= 15 is 0 Å². The van der Waals surface area contributed by atoms with Gasteiger partial charge in [0, 0.05) is 25.7 Å². The predicted molar refractivity (Wildman–Crippen MR) is 62.8 cm³/mol. The first-order valence-electron chi connectivity index (χ1n) is 4.98. The van der Waals surface area contributed by atoms with Crippen molar-refractivity contribution < 1.29 is 4.74 Å². The van der Waals surface area contributed by atoms with Gasteiger partial charge in [-0.1, -0.05) is 0 Å². The first kappa shape index (κ1) is 14.5. The second kappa shape index (κ2) is 7.71. The molecule has 0 aromatic carbocycles. The summed E-state index contributed by atoms with van der Waals surface area (Å²) in [5.41, 5.74) is 0. The lowest BCUT2D eigenvalue weighted by atomic mass is 10.2. The van der Waals surface area contributed by atoms with Crippen LogP contribution in [0, 0.1) is 0 Å². The van der Waals surface area contributed by atoms with Crippen LogP contribution in [0.25, 0.3) is 0 Å². The lowest BCUT2D eigenvalue weighted by molar-refractivity contribution is 0.0344. The minimum Gasteiger partial charge on any atom is -0.379 e. The van der Waals surface area contributed by atoms with Crippen molar-refractivity contribution in [2.45, 2.75) is 18.9 Å². The highest BCUT2D eigenvalue weighted by atomic mass is 35.5. The number of hydrogen-bond acceptors (Lipinski definition) is 3. The number of nitrogens with one attached hydrogen (secondary N) is 1. The van der Waals surface area contributed by atoms with Crippen molar-refractivity contribution in [3.8, 4) is 0 Å². The fourth-order valence-corrected chi connectivity index (χ4v) is 2.01. The Labute approximate surface area is 98.4 Å². The smallest absolute Gasteiger partial charge is 0.0594 e. The van der Waals surface area contributed by atoms with E-state index in [9.17, 15) is 0 Å². The predicted octanol–water partition coefficient (Wildman–Crippen LogP) is 0.914. The Morgan fingerprint density at radius 1 is 1.21 bits per heavy atom. The summed E-state index contributed by atoms with van der Waals surface area (Å²) >= 11 is 0. The van der Waals surface area contributed by atoms with Crippen LogP contribution in [0.1, 0.15) is 12.8 Å². The Morgan fingerprint density at radius 2 is 1.93 bits per heavy atom. The third kappa shape index (κ3) is 4.32. The molecule has 5 heteroatoms. The van der Waals surface area contributed by atoms with Crippen molar-refractivity contribution in [2.24, 2.45) is 0 Å². The van der Waals surface area contributed by atoms with Crippen LogP contribution in [0.2, 0.25) is 0 Å². The Morgan fingerprint density at radius 3 is 2.50 bits per heavy atom. The van der Waals surface area contributed by atoms with E-state index in [1.165, 1.54) is 25.9 Å². The zero-order chi connectivity index (χ0) is 8.23. The Balaban J connectivity index is 0.000000845. The molecule has 14 heavy (non-hydrogen) atoms. The Bertz CT molecular complexity index is 137. The minimum atomic E-state index is 0. The van der Waals surface area contributed by atoms with E-state index in [1.807, 2.05) is 0 Å². The van der Waals surface area contributed by atoms with E-state index in [2.05, 4.69) is 10.2 Å². The highest BCUT2D eigenvalue weighted by Gasteiger charge is 2.18. The average Bonchev–Trinajstić information content (AvgIpc) is 2.59. The van der Waals surface area contributed by atoms with Gasteiger partial charge in [0.1, 0.15) is 0 Å². The zero-order valence-electron chi connectivity index (χ0n) is 8.41. The highest BCUT2D eigenvalue weighted by Crippen LogP contribution is 2.07. The standard InChI is InChI=1S/C9H18N2O.2ClH/c1-2-9(10-3-1)8-11-4-6-12-7-5-11;;/h9-10H,1-8H2;2*1H/t9-;;/m1../s1. The first-order chi connectivity index (χ1) is 5.95. The van der Waals surface area contributed by atoms with Crippen LogP contribution in [0.5, 0.6) is 0 Å². The second-order valence-electron chi connectivity index (χ2n) is 3.71. The number of morpholine rings is 1. The maximum atomic E-state index is 5.30. The normalized spacial score (nSPS) is 27.9. The molecular formula is C9H20Cl2N2O. The molecule has 1 N–H and O–H groups in total. The van der Waals surface area contributed by atoms with Gasteiger partial charge in [0.05, 0.1) is 13.2 Å². The molecule has 86 valence electrons. The third-order valence-electron chi connectivity index (χ3n) is 2.74. The average molecular weight is 243 g/mol. The van der Waals surface area contributed by atoms with Gasteiger partial charge in [0.2, 0.25) is 0 Å². The van der Waals surface area contributed by atoms with Crippen molar-refractivity contribution in [3.05, 3.63) is 0 Å². The molecule has 2 aliphatic rings. The molecule has 0 amide bonds. The number of hydrogen-bond donors (Lipinski definition) is 1. The first-order valence-corrected chi connectivity index (χ1v) is 4.98. The number of nitrogens with zero attached hydrogens (tertiary/aromatic N) is 1. The molecule has 1 atom stereocenters. The molecule has 0 radical (unpaired) electrons. The number of halogens is 2. The van der Waals surface area contributed by atoms with Gasteiger partial charge < -0.3 is 10.1 Å². The third-order valence-corrected chi connectivity index (χ3v) is 2.74. The summed E-state index contributed by atoms with van der Waals surface area (Å²) in [6, 6.07) is 0.753. The van der Waals surface area contributed by atoms with Crippen molar-refractivity contribution >= 4 is 24.8 Å². The van der Waals surface area contributed by atoms with Crippen LogP contribution in [-0.2, 0) is 4.74 Å². The molecular weight excluding hydrogens is 223 g/mol. The summed E-state index contributed by atoms with van der Waals surface area (Å²) in [5.74, 6) is 0. The molecule has 2 saturated heterocycles. The van der Waals surface area contributed by atoms with E-state index in [-0.39, 0.29) is 24.8 Å². The van der Waals surface area contributed by atoms with Crippen LogP contribution in [-0.4, -0.2) is 50.3 Å². The summed E-state index contributed by atoms with van der Waals surface area (Å²) in [7, 11) is 0. The SMILES string of the molecule is C1CN[C@@H](CN2CCOCC2)C1.Cl.Cl. The summed E-state index contributed by atoms with van der Waals surface area (Å²) in [6.45, 7) is 6.54. The summed E-state index contributed by atoms with van der Waals surface area (Å²) in [4.78, 5) is 2.51. The number of rotatable bonds is 2.